The van der Waals surface area contributed by atoms with Gasteiger partial charge in [0.25, 0.3) is 0 Å². The molecule has 0 saturated carbocycles. The Morgan fingerprint density at radius 3 is 2.41 bits per heavy atom. The maximum absolute atomic E-state index is 12.0. The van der Waals surface area contributed by atoms with Crippen LogP contribution in [0.1, 0.15) is 26.3 Å². The van der Waals surface area contributed by atoms with E-state index in [0.717, 1.165) is 5.56 Å². The predicted octanol–water partition coefficient (Wildman–Crippen LogP) is 2.10. The SMILES string of the molecule is CC(NC(=O)C(=O)Nc1ccon1)C(C)(C)c1ccccc1. The second kappa shape index (κ2) is 6.43. The summed E-state index contributed by atoms with van der Waals surface area (Å²) in [5.74, 6) is -1.28. The van der Waals surface area contributed by atoms with Crippen molar-refractivity contribution in [1.82, 2.24) is 10.5 Å². The van der Waals surface area contributed by atoms with E-state index in [1.807, 2.05) is 51.1 Å². The van der Waals surface area contributed by atoms with Crippen LogP contribution in [0.2, 0.25) is 0 Å². The van der Waals surface area contributed by atoms with Gasteiger partial charge in [0, 0.05) is 17.5 Å². The van der Waals surface area contributed by atoms with Gasteiger partial charge >= 0.3 is 11.8 Å². The highest BCUT2D eigenvalue weighted by Gasteiger charge is 2.30. The molecule has 22 heavy (non-hydrogen) atoms. The third-order valence-corrected chi connectivity index (χ3v) is 3.83. The van der Waals surface area contributed by atoms with Crippen molar-refractivity contribution in [2.24, 2.45) is 0 Å². The van der Waals surface area contributed by atoms with Crippen molar-refractivity contribution < 1.29 is 14.1 Å². The maximum Gasteiger partial charge on any atom is 0.314 e. The molecule has 1 atom stereocenters. The fourth-order valence-electron chi connectivity index (χ4n) is 2.01. The molecule has 0 fully saturated rings. The summed E-state index contributed by atoms with van der Waals surface area (Å²) in [6.45, 7) is 5.90. The van der Waals surface area contributed by atoms with E-state index in [-0.39, 0.29) is 17.3 Å². The Hall–Kier alpha value is -2.63. The maximum atomic E-state index is 12.0. The van der Waals surface area contributed by atoms with Gasteiger partial charge in [0.2, 0.25) is 0 Å². The number of carbonyl (C=O) groups excluding carboxylic acids is 2. The van der Waals surface area contributed by atoms with Crippen LogP contribution >= 0.6 is 0 Å². The third kappa shape index (κ3) is 3.52. The van der Waals surface area contributed by atoms with Crippen LogP contribution in [0, 0.1) is 0 Å². The zero-order valence-electron chi connectivity index (χ0n) is 12.8. The zero-order valence-corrected chi connectivity index (χ0v) is 12.8. The molecule has 6 nitrogen and oxygen atoms in total. The van der Waals surface area contributed by atoms with Gasteiger partial charge in [0.15, 0.2) is 5.82 Å². The number of benzene rings is 1. The van der Waals surface area contributed by atoms with Crippen LogP contribution in [0.15, 0.2) is 47.2 Å². The molecule has 0 aliphatic carbocycles. The first-order valence-corrected chi connectivity index (χ1v) is 6.99. The van der Waals surface area contributed by atoms with Gasteiger partial charge in [-0.1, -0.05) is 49.3 Å². The van der Waals surface area contributed by atoms with Crippen LogP contribution in [0.5, 0.6) is 0 Å². The second-order valence-electron chi connectivity index (χ2n) is 5.62. The highest BCUT2D eigenvalue weighted by atomic mass is 16.5. The molecule has 1 heterocycles. The first kappa shape index (κ1) is 15.8. The van der Waals surface area contributed by atoms with Crippen molar-refractivity contribution >= 4 is 17.6 Å². The van der Waals surface area contributed by atoms with Gasteiger partial charge in [-0.15, -0.1) is 0 Å². The molecule has 1 aromatic heterocycles. The average molecular weight is 301 g/mol. The molecular weight excluding hydrogens is 282 g/mol. The molecule has 2 N–H and O–H groups in total. The zero-order chi connectivity index (χ0) is 16.2. The number of rotatable bonds is 4. The van der Waals surface area contributed by atoms with Crippen LogP contribution < -0.4 is 10.6 Å². The van der Waals surface area contributed by atoms with Crippen molar-refractivity contribution in [1.29, 1.82) is 0 Å². The largest absolute Gasteiger partial charge is 0.363 e. The van der Waals surface area contributed by atoms with E-state index >= 15 is 0 Å². The van der Waals surface area contributed by atoms with Crippen molar-refractivity contribution in [2.45, 2.75) is 32.2 Å². The quantitative estimate of drug-likeness (QED) is 0.847. The molecule has 0 aliphatic heterocycles. The Bertz CT molecular complexity index is 636. The lowest BCUT2D eigenvalue weighted by atomic mass is 9.78. The number of carbonyl (C=O) groups is 2. The van der Waals surface area contributed by atoms with Crippen molar-refractivity contribution in [3.63, 3.8) is 0 Å². The Morgan fingerprint density at radius 2 is 1.82 bits per heavy atom. The summed E-state index contributed by atoms with van der Waals surface area (Å²) in [6.07, 6.45) is 1.31. The Morgan fingerprint density at radius 1 is 1.14 bits per heavy atom. The standard InChI is InChI=1S/C16H19N3O3/c1-11(16(2,3)12-7-5-4-6-8-12)17-14(20)15(21)18-13-9-10-22-19-13/h4-11H,1-3H3,(H,17,20)(H,18,19,21). The number of aromatic nitrogens is 1. The predicted molar refractivity (Wildman–Crippen MR) is 82.2 cm³/mol. The number of anilines is 1. The molecule has 2 aromatic rings. The Kier molecular flexibility index (Phi) is 4.60. The van der Waals surface area contributed by atoms with Crippen molar-refractivity contribution in [3.8, 4) is 0 Å². The molecule has 0 radical (unpaired) electrons. The molecular formula is C16H19N3O3. The first-order chi connectivity index (χ1) is 10.4. The summed E-state index contributed by atoms with van der Waals surface area (Å²) < 4.78 is 4.59. The van der Waals surface area contributed by atoms with Gasteiger partial charge < -0.3 is 9.84 Å². The van der Waals surface area contributed by atoms with Crippen molar-refractivity contribution in [3.05, 3.63) is 48.2 Å². The second-order valence-corrected chi connectivity index (χ2v) is 5.62. The number of nitrogens with one attached hydrogen (secondary N) is 2. The van der Waals surface area contributed by atoms with Gasteiger partial charge in [0.1, 0.15) is 6.26 Å². The fourth-order valence-corrected chi connectivity index (χ4v) is 2.01. The van der Waals surface area contributed by atoms with E-state index < -0.39 is 11.8 Å². The van der Waals surface area contributed by atoms with Gasteiger partial charge in [-0.05, 0) is 12.5 Å². The van der Waals surface area contributed by atoms with E-state index in [4.69, 9.17) is 0 Å². The lowest BCUT2D eigenvalue weighted by Crippen LogP contribution is -2.48. The number of amides is 2. The van der Waals surface area contributed by atoms with Gasteiger partial charge in [-0.25, -0.2) is 0 Å². The van der Waals surface area contributed by atoms with E-state index in [0.29, 0.717) is 0 Å². The minimum absolute atomic E-state index is 0.204. The van der Waals surface area contributed by atoms with Gasteiger partial charge in [0.05, 0.1) is 0 Å². The third-order valence-electron chi connectivity index (χ3n) is 3.83. The highest BCUT2D eigenvalue weighted by Crippen LogP contribution is 2.26. The summed E-state index contributed by atoms with van der Waals surface area (Å²) in [4.78, 5) is 23.8. The van der Waals surface area contributed by atoms with Crippen LogP contribution in [0.4, 0.5) is 5.82 Å². The number of hydrogen-bond acceptors (Lipinski definition) is 4. The van der Waals surface area contributed by atoms with Crippen LogP contribution in [-0.2, 0) is 15.0 Å². The topological polar surface area (TPSA) is 84.2 Å². The lowest BCUT2D eigenvalue weighted by Gasteiger charge is -2.32. The molecule has 2 amide bonds. The summed E-state index contributed by atoms with van der Waals surface area (Å²) >= 11 is 0. The minimum atomic E-state index is -0.774. The lowest BCUT2D eigenvalue weighted by molar-refractivity contribution is -0.136. The minimum Gasteiger partial charge on any atom is -0.363 e. The molecule has 0 bridgehead atoms. The summed E-state index contributed by atoms with van der Waals surface area (Å²) in [7, 11) is 0. The number of hydrogen-bond donors (Lipinski definition) is 2. The summed E-state index contributed by atoms with van der Waals surface area (Å²) in [6, 6.07) is 11.1. The molecule has 0 saturated heterocycles. The smallest absolute Gasteiger partial charge is 0.314 e. The normalized spacial score (nSPS) is 12.5. The molecule has 116 valence electrons. The van der Waals surface area contributed by atoms with Gasteiger partial charge in [-0.2, -0.15) is 0 Å². The van der Waals surface area contributed by atoms with Gasteiger partial charge in [-0.3, -0.25) is 14.9 Å². The first-order valence-electron chi connectivity index (χ1n) is 6.99. The monoisotopic (exact) mass is 301 g/mol. The molecule has 1 aromatic carbocycles. The molecule has 2 rings (SSSR count). The van der Waals surface area contributed by atoms with Crippen molar-refractivity contribution in [2.75, 3.05) is 5.32 Å². The molecule has 0 spiro atoms. The molecule has 0 aliphatic rings. The average Bonchev–Trinajstić information content (AvgIpc) is 3.00. The van der Waals surface area contributed by atoms with E-state index in [1.165, 1.54) is 12.3 Å². The molecule has 1 unspecified atom stereocenters. The van der Waals surface area contributed by atoms with Crippen LogP contribution in [0.3, 0.4) is 0 Å². The molecule has 6 heteroatoms. The Labute approximate surface area is 128 Å². The van der Waals surface area contributed by atoms with E-state index in [9.17, 15) is 9.59 Å². The summed E-state index contributed by atoms with van der Waals surface area (Å²) in [5.41, 5.74) is 0.769. The van der Waals surface area contributed by atoms with E-state index in [1.54, 1.807) is 0 Å². The van der Waals surface area contributed by atoms with Crippen LogP contribution in [-0.4, -0.2) is 23.0 Å². The summed E-state index contributed by atoms with van der Waals surface area (Å²) in [5, 5.41) is 8.61. The number of nitrogens with zero attached hydrogens (tertiary/aromatic N) is 1. The highest BCUT2D eigenvalue weighted by molar-refractivity contribution is 6.39. The fraction of sp³-hybridized carbons (Fsp3) is 0.312. The van der Waals surface area contributed by atoms with Crippen LogP contribution in [0.25, 0.3) is 0 Å². The van der Waals surface area contributed by atoms with E-state index in [2.05, 4.69) is 20.3 Å². The Balaban J connectivity index is 2.00.